The second-order valence-electron chi connectivity index (χ2n) is 27.1. The standard InChI is InChI=1S/C57H96O29/c1-21(20-76-50-43(71)39(67)35(63)29(15-58)78-50)7-12-57(75)22(2)34-28(86-57)14-27-25-6-5-23-13-24(8-10-55(23,3)26(25)9-11-56(27,34)4)77-51-46(74)42(70)47(33(19-62)82-51)83-54-49(85-53-45(73)41(69)37(65)31(17-60)80-53)48(38(66)32(18-61)81-54)84-52-44(72)40(68)36(64)30(16-59)79-52/h21-54,58-75H,5-20H2,1-4H3/t21-,22+,23+,24-,25-,26+,27-,28-,29-,30-,31-,32-,33-,34-,35-,36-,37-,38-,39+,40+,41+,42-,43-,44-,45-,46-,47+,48+,49-,50-,51-,52+,53+,54+,55+,56+,57+/m1/s1. The highest BCUT2D eigenvalue weighted by molar-refractivity contribution is 5.15. The van der Waals surface area contributed by atoms with Gasteiger partial charge >= 0.3 is 0 Å². The zero-order valence-electron chi connectivity index (χ0n) is 49.0. The predicted octanol–water partition coefficient (Wildman–Crippen LogP) is -6.13. The topological polar surface area (TPSA) is 466 Å². The smallest absolute Gasteiger partial charge is 0.187 e. The molecule has 37 atom stereocenters. The van der Waals surface area contributed by atoms with Crippen LogP contribution in [0.5, 0.6) is 0 Å². The zero-order chi connectivity index (χ0) is 62.2. The molecule has 0 bridgehead atoms. The highest BCUT2D eigenvalue weighted by Crippen LogP contribution is 2.71. The third-order valence-electron chi connectivity index (χ3n) is 22.2. The van der Waals surface area contributed by atoms with Crippen molar-refractivity contribution in [2.24, 2.45) is 52.3 Å². The van der Waals surface area contributed by atoms with Crippen molar-refractivity contribution < 1.29 is 144 Å². The van der Waals surface area contributed by atoms with Crippen LogP contribution in [0.4, 0.5) is 0 Å². The minimum atomic E-state index is -2.06. The summed E-state index contributed by atoms with van der Waals surface area (Å²) >= 11 is 0. The molecule has 10 aliphatic rings. The van der Waals surface area contributed by atoms with Crippen molar-refractivity contribution in [2.75, 3.05) is 39.6 Å². The first-order chi connectivity index (χ1) is 40.8. The average Bonchev–Trinajstić information content (AvgIpc) is 1.54. The summed E-state index contributed by atoms with van der Waals surface area (Å²) in [5.74, 6) is 0.0161. The first-order valence-corrected chi connectivity index (χ1v) is 30.9. The van der Waals surface area contributed by atoms with Crippen LogP contribution in [-0.2, 0) is 52.1 Å². The van der Waals surface area contributed by atoms with Gasteiger partial charge in [-0.25, -0.2) is 0 Å². The van der Waals surface area contributed by atoms with E-state index in [0.717, 1.165) is 38.5 Å². The highest BCUT2D eigenvalue weighted by Gasteiger charge is 2.69. The van der Waals surface area contributed by atoms with Crippen molar-refractivity contribution in [3.05, 3.63) is 0 Å². The first kappa shape index (κ1) is 67.7. The molecule has 4 saturated carbocycles. The summed E-state index contributed by atoms with van der Waals surface area (Å²) in [6, 6.07) is 0. The Bertz CT molecular complexity index is 2190. The molecule has 0 spiro atoms. The van der Waals surface area contributed by atoms with Gasteiger partial charge in [-0.1, -0.05) is 27.7 Å². The van der Waals surface area contributed by atoms with Gasteiger partial charge < -0.3 is 144 Å². The molecule has 498 valence electrons. The summed E-state index contributed by atoms with van der Waals surface area (Å²) in [5, 5.41) is 193. The van der Waals surface area contributed by atoms with Gasteiger partial charge in [-0.3, -0.25) is 0 Å². The van der Waals surface area contributed by atoms with E-state index >= 15 is 0 Å². The largest absolute Gasteiger partial charge is 0.394 e. The van der Waals surface area contributed by atoms with Gasteiger partial charge in [-0.05, 0) is 104 Å². The second-order valence-corrected chi connectivity index (χ2v) is 27.1. The van der Waals surface area contributed by atoms with E-state index in [-0.39, 0.29) is 47.2 Å². The van der Waals surface area contributed by atoms with Crippen LogP contribution in [0.15, 0.2) is 0 Å². The second kappa shape index (κ2) is 27.1. The summed E-state index contributed by atoms with van der Waals surface area (Å²) in [5.41, 5.74) is -0.108. The van der Waals surface area contributed by atoms with Crippen LogP contribution < -0.4 is 0 Å². The van der Waals surface area contributed by atoms with Crippen molar-refractivity contribution in [1.29, 1.82) is 0 Å². The van der Waals surface area contributed by atoms with Crippen LogP contribution in [0.3, 0.4) is 0 Å². The molecule has 6 aliphatic heterocycles. The molecular formula is C57H96O29. The van der Waals surface area contributed by atoms with Gasteiger partial charge in [-0.15, -0.1) is 0 Å². The van der Waals surface area contributed by atoms with E-state index in [9.17, 15) is 91.9 Å². The van der Waals surface area contributed by atoms with Crippen LogP contribution >= 0.6 is 0 Å². The average molecular weight is 1250 g/mol. The Morgan fingerprint density at radius 2 is 0.942 bits per heavy atom. The lowest BCUT2D eigenvalue weighted by Crippen LogP contribution is -2.68. The van der Waals surface area contributed by atoms with Crippen LogP contribution in [-0.4, -0.2) is 303 Å². The number of ether oxygens (including phenoxy) is 11. The van der Waals surface area contributed by atoms with Crippen LogP contribution in [0, 0.1) is 52.3 Å². The minimum absolute atomic E-state index is 0.0421. The lowest BCUT2D eigenvalue weighted by Gasteiger charge is -2.61. The fourth-order valence-electron chi connectivity index (χ4n) is 17.1. The normalized spacial score (nSPS) is 55.3. The summed E-state index contributed by atoms with van der Waals surface area (Å²) in [6.45, 7) is 4.85. The van der Waals surface area contributed by atoms with Gasteiger partial charge in [0.15, 0.2) is 37.2 Å². The number of hydrogen-bond donors (Lipinski definition) is 18. The van der Waals surface area contributed by atoms with Gasteiger partial charge in [0, 0.05) is 12.3 Å². The third kappa shape index (κ3) is 12.4. The number of aliphatic hydroxyl groups is 18. The van der Waals surface area contributed by atoms with Crippen molar-refractivity contribution in [2.45, 2.75) is 263 Å². The maximum absolute atomic E-state index is 12.2. The number of aliphatic hydroxyl groups excluding tert-OH is 17. The van der Waals surface area contributed by atoms with E-state index in [1.54, 1.807) is 0 Å². The molecule has 4 aliphatic carbocycles. The number of rotatable bonds is 19. The summed E-state index contributed by atoms with van der Waals surface area (Å²) < 4.78 is 66.0. The number of fused-ring (bicyclic) bond motifs is 7. The molecular weight excluding hydrogens is 1150 g/mol. The number of hydrogen-bond acceptors (Lipinski definition) is 29. The van der Waals surface area contributed by atoms with Crippen LogP contribution in [0.25, 0.3) is 0 Å². The molecule has 0 amide bonds. The molecule has 0 radical (unpaired) electrons. The Morgan fingerprint density at radius 1 is 0.465 bits per heavy atom. The Hall–Kier alpha value is -1.16. The van der Waals surface area contributed by atoms with Gasteiger partial charge in [0.1, 0.15) is 122 Å². The van der Waals surface area contributed by atoms with E-state index in [0.29, 0.717) is 43.4 Å². The molecule has 86 heavy (non-hydrogen) atoms. The maximum Gasteiger partial charge on any atom is 0.187 e. The van der Waals surface area contributed by atoms with Crippen LogP contribution in [0.1, 0.15) is 91.9 Å². The lowest BCUT2D eigenvalue weighted by molar-refractivity contribution is -0.406. The van der Waals surface area contributed by atoms with Gasteiger partial charge in [0.2, 0.25) is 0 Å². The molecule has 0 aromatic rings. The Morgan fingerprint density at radius 3 is 1.52 bits per heavy atom. The summed E-state index contributed by atoms with van der Waals surface area (Å²) in [6.07, 6.45) is -36.2. The Kier molecular flexibility index (Phi) is 21.3. The molecule has 0 aromatic carbocycles. The fraction of sp³-hybridized carbons (Fsp3) is 1.00. The molecule has 10 rings (SSSR count). The maximum atomic E-state index is 12.2. The summed E-state index contributed by atoms with van der Waals surface area (Å²) in [4.78, 5) is 0. The molecule has 0 unspecified atom stereocenters. The lowest BCUT2D eigenvalue weighted by atomic mass is 9.44. The molecule has 29 heteroatoms. The van der Waals surface area contributed by atoms with Crippen molar-refractivity contribution in [3.8, 4) is 0 Å². The van der Waals surface area contributed by atoms with Crippen LogP contribution in [0.2, 0.25) is 0 Å². The Balaban J connectivity index is 0.766. The molecule has 10 fully saturated rings. The SMILES string of the molecule is C[C@H](CC[C@]1(O)O[C@@H]2C[C@@H]3[C@@H]4CC[C@H]5C[C@H](O[C@@H]6O[C@H](CO)[C@H](O[C@@H]7O[C@H](CO)[C@@H](O)[C@H](O[C@@H]8O[C@H](CO)[C@@H](O)[C@H](O)[C@H]8O)[C@H]7O[C@@H]7O[C@H](CO)[C@@H](O)[C@H](O)[C@H]7O)[C@H](O)[C@H]6O)CC[C@]5(C)[C@H]4CC[C@]3(C)[C@@H]2[C@@H]1C)CO[C@@H]1O[C@H](CO)[C@@H](O)[C@H](O)[C@H]1O. The van der Waals surface area contributed by atoms with E-state index in [1.165, 1.54) is 0 Å². The van der Waals surface area contributed by atoms with Crippen molar-refractivity contribution in [3.63, 3.8) is 0 Å². The van der Waals surface area contributed by atoms with Crippen molar-refractivity contribution >= 4 is 0 Å². The third-order valence-corrected chi connectivity index (χ3v) is 22.2. The first-order valence-electron chi connectivity index (χ1n) is 30.9. The molecule has 6 heterocycles. The molecule has 29 nitrogen and oxygen atoms in total. The molecule has 18 N–H and O–H groups in total. The van der Waals surface area contributed by atoms with E-state index < -0.39 is 198 Å². The monoisotopic (exact) mass is 1240 g/mol. The zero-order valence-corrected chi connectivity index (χ0v) is 49.0. The van der Waals surface area contributed by atoms with E-state index in [4.69, 9.17) is 52.1 Å². The highest BCUT2D eigenvalue weighted by atomic mass is 16.8. The van der Waals surface area contributed by atoms with Crippen molar-refractivity contribution in [1.82, 2.24) is 0 Å². The van der Waals surface area contributed by atoms with Gasteiger partial charge in [0.25, 0.3) is 0 Å². The van der Waals surface area contributed by atoms with Gasteiger partial charge in [-0.2, -0.15) is 0 Å². The summed E-state index contributed by atoms with van der Waals surface area (Å²) in [7, 11) is 0. The van der Waals surface area contributed by atoms with Gasteiger partial charge in [0.05, 0.1) is 51.8 Å². The fourth-order valence-corrected chi connectivity index (χ4v) is 17.1. The van der Waals surface area contributed by atoms with E-state index in [1.807, 2.05) is 6.92 Å². The molecule has 6 saturated heterocycles. The predicted molar refractivity (Wildman–Crippen MR) is 284 cm³/mol. The van der Waals surface area contributed by atoms with E-state index in [2.05, 4.69) is 20.8 Å². The minimum Gasteiger partial charge on any atom is -0.394 e. The molecule has 0 aromatic heterocycles. The Labute approximate surface area is 498 Å². The quantitative estimate of drug-likeness (QED) is 0.0535.